The van der Waals surface area contributed by atoms with Crippen LogP contribution in [0.5, 0.6) is 0 Å². The first-order valence-corrected chi connectivity index (χ1v) is 7.06. The summed E-state index contributed by atoms with van der Waals surface area (Å²) in [5.41, 5.74) is 1.77. The summed E-state index contributed by atoms with van der Waals surface area (Å²) in [6.07, 6.45) is 1.52. The predicted octanol–water partition coefficient (Wildman–Crippen LogP) is 1.94. The van der Waals surface area contributed by atoms with Gasteiger partial charge in [-0.1, -0.05) is 18.2 Å². The number of aryl methyl sites for hydroxylation is 1. The number of carbonyl (C=O) groups excluding carboxylic acids is 2. The molecular formula is C16H22N2O2. The first-order chi connectivity index (χ1) is 9.50. The van der Waals surface area contributed by atoms with Gasteiger partial charge in [-0.3, -0.25) is 9.59 Å². The van der Waals surface area contributed by atoms with E-state index in [0.717, 1.165) is 24.0 Å². The summed E-state index contributed by atoms with van der Waals surface area (Å²) < 4.78 is 0. The fourth-order valence-corrected chi connectivity index (χ4v) is 2.68. The zero-order valence-electron chi connectivity index (χ0n) is 12.4. The Morgan fingerprint density at radius 1 is 1.15 bits per heavy atom. The highest BCUT2D eigenvalue weighted by atomic mass is 16.2. The molecule has 1 aromatic rings. The largest absolute Gasteiger partial charge is 0.349 e. The van der Waals surface area contributed by atoms with Crippen LogP contribution in [0.4, 0.5) is 0 Å². The number of piperidine rings is 1. The van der Waals surface area contributed by atoms with Crippen molar-refractivity contribution in [3.8, 4) is 0 Å². The Morgan fingerprint density at radius 2 is 1.75 bits per heavy atom. The van der Waals surface area contributed by atoms with Crippen LogP contribution in [-0.2, 0) is 4.79 Å². The van der Waals surface area contributed by atoms with Crippen LogP contribution in [0.25, 0.3) is 0 Å². The number of rotatable bonds is 2. The minimum atomic E-state index is 0.0610. The number of carbonyl (C=O) groups is 2. The van der Waals surface area contributed by atoms with Gasteiger partial charge < -0.3 is 9.80 Å². The van der Waals surface area contributed by atoms with Crippen molar-refractivity contribution in [1.82, 2.24) is 9.80 Å². The van der Waals surface area contributed by atoms with E-state index < -0.39 is 0 Å². The first-order valence-electron chi connectivity index (χ1n) is 7.06. The number of likely N-dealkylation sites (tertiary alicyclic amines) is 1. The van der Waals surface area contributed by atoms with Crippen LogP contribution >= 0.6 is 0 Å². The minimum absolute atomic E-state index is 0.0610. The average Bonchev–Trinajstić information content (AvgIpc) is 2.46. The molecule has 4 nitrogen and oxygen atoms in total. The van der Waals surface area contributed by atoms with Gasteiger partial charge in [0.1, 0.15) is 0 Å². The second-order valence-electron chi connectivity index (χ2n) is 5.61. The summed E-state index contributed by atoms with van der Waals surface area (Å²) >= 11 is 0. The molecule has 0 aliphatic carbocycles. The van der Waals surface area contributed by atoms with E-state index in [-0.39, 0.29) is 17.7 Å². The maximum absolute atomic E-state index is 12.5. The van der Waals surface area contributed by atoms with Gasteiger partial charge in [0, 0.05) is 38.7 Å². The van der Waals surface area contributed by atoms with Gasteiger partial charge in [-0.2, -0.15) is 0 Å². The van der Waals surface area contributed by atoms with Gasteiger partial charge in [0.05, 0.1) is 0 Å². The Hall–Kier alpha value is -1.84. The van der Waals surface area contributed by atoms with E-state index in [1.54, 1.807) is 19.0 Å². The van der Waals surface area contributed by atoms with Gasteiger partial charge in [0.2, 0.25) is 5.91 Å². The molecule has 0 radical (unpaired) electrons. The second kappa shape index (κ2) is 6.07. The summed E-state index contributed by atoms with van der Waals surface area (Å²) in [5, 5.41) is 0. The molecular weight excluding hydrogens is 252 g/mol. The fraction of sp³-hybridized carbons (Fsp3) is 0.500. The molecule has 0 atom stereocenters. The lowest BCUT2D eigenvalue weighted by Gasteiger charge is -2.32. The second-order valence-corrected chi connectivity index (χ2v) is 5.61. The number of hydrogen-bond acceptors (Lipinski definition) is 2. The fourth-order valence-electron chi connectivity index (χ4n) is 2.68. The lowest BCUT2D eigenvalue weighted by atomic mass is 9.94. The molecule has 1 aliphatic rings. The highest BCUT2D eigenvalue weighted by molar-refractivity contribution is 5.95. The summed E-state index contributed by atoms with van der Waals surface area (Å²) in [5.74, 6) is 0.317. The number of amides is 2. The number of benzene rings is 1. The third-order valence-corrected chi connectivity index (χ3v) is 3.95. The van der Waals surface area contributed by atoms with Crippen LogP contribution in [-0.4, -0.2) is 48.8 Å². The quantitative estimate of drug-likeness (QED) is 0.827. The molecule has 20 heavy (non-hydrogen) atoms. The lowest BCUT2D eigenvalue weighted by molar-refractivity contribution is -0.134. The number of hydrogen-bond donors (Lipinski definition) is 0. The van der Waals surface area contributed by atoms with Gasteiger partial charge in [-0.05, 0) is 31.4 Å². The van der Waals surface area contributed by atoms with Crippen LogP contribution in [0.1, 0.15) is 28.8 Å². The van der Waals surface area contributed by atoms with E-state index in [0.29, 0.717) is 13.1 Å². The van der Waals surface area contributed by atoms with E-state index in [1.807, 2.05) is 36.1 Å². The smallest absolute Gasteiger partial charge is 0.254 e. The van der Waals surface area contributed by atoms with E-state index in [9.17, 15) is 9.59 Å². The van der Waals surface area contributed by atoms with Crippen molar-refractivity contribution >= 4 is 11.8 Å². The monoisotopic (exact) mass is 274 g/mol. The molecule has 0 saturated carbocycles. The molecule has 1 aromatic carbocycles. The maximum atomic E-state index is 12.5. The van der Waals surface area contributed by atoms with Gasteiger partial charge in [0.25, 0.3) is 5.91 Å². The highest BCUT2D eigenvalue weighted by Crippen LogP contribution is 2.21. The van der Waals surface area contributed by atoms with Gasteiger partial charge >= 0.3 is 0 Å². The maximum Gasteiger partial charge on any atom is 0.254 e. The predicted molar refractivity (Wildman–Crippen MR) is 78.5 cm³/mol. The Kier molecular flexibility index (Phi) is 4.42. The zero-order chi connectivity index (χ0) is 14.7. The molecule has 0 unspecified atom stereocenters. The third kappa shape index (κ3) is 3.00. The van der Waals surface area contributed by atoms with Crippen molar-refractivity contribution in [2.75, 3.05) is 27.2 Å². The molecule has 2 rings (SSSR count). The van der Waals surface area contributed by atoms with E-state index in [2.05, 4.69) is 0 Å². The molecule has 1 aliphatic heterocycles. The van der Waals surface area contributed by atoms with E-state index >= 15 is 0 Å². The molecule has 1 fully saturated rings. The Labute approximate surface area is 120 Å². The lowest BCUT2D eigenvalue weighted by Crippen LogP contribution is -2.42. The van der Waals surface area contributed by atoms with Crippen LogP contribution < -0.4 is 0 Å². The molecule has 0 spiro atoms. The van der Waals surface area contributed by atoms with Gasteiger partial charge in [-0.15, -0.1) is 0 Å². The average molecular weight is 274 g/mol. The zero-order valence-corrected chi connectivity index (χ0v) is 12.4. The Morgan fingerprint density at radius 3 is 2.30 bits per heavy atom. The Balaban J connectivity index is 1.99. The summed E-state index contributed by atoms with van der Waals surface area (Å²) in [6.45, 7) is 3.28. The molecule has 0 aromatic heterocycles. The van der Waals surface area contributed by atoms with E-state index in [1.165, 1.54) is 0 Å². The molecule has 108 valence electrons. The SMILES string of the molecule is Cc1ccccc1C(=O)N1CCC(C(=O)N(C)C)CC1. The van der Waals surface area contributed by atoms with Gasteiger partial charge in [-0.25, -0.2) is 0 Å². The number of nitrogens with zero attached hydrogens (tertiary/aromatic N) is 2. The molecule has 4 heteroatoms. The molecule has 2 amide bonds. The minimum Gasteiger partial charge on any atom is -0.349 e. The van der Waals surface area contributed by atoms with Gasteiger partial charge in [0.15, 0.2) is 0 Å². The summed E-state index contributed by atoms with van der Waals surface area (Å²) in [6, 6.07) is 7.65. The van der Waals surface area contributed by atoms with Crippen molar-refractivity contribution in [3.05, 3.63) is 35.4 Å². The van der Waals surface area contributed by atoms with Crippen LogP contribution in [0, 0.1) is 12.8 Å². The van der Waals surface area contributed by atoms with Crippen molar-refractivity contribution < 1.29 is 9.59 Å². The molecule has 1 heterocycles. The van der Waals surface area contributed by atoms with Crippen LogP contribution in [0.15, 0.2) is 24.3 Å². The normalized spacial score (nSPS) is 16.1. The standard InChI is InChI=1S/C16H22N2O2/c1-12-6-4-5-7-14(12)16(20)18-10-8-13(9-11-18)15(19)17(2)3/h4-7,13H,8-11H2,1-3H3. The van der Waals surface area contributed by atoms with Crippen molar-refractivity contribution in [3.63, 3.8) is 0 Å². The molecule has 0 N–H and O–H groups in total. The molecule has 0 bridgehead atoms. The van der Waals surface area contributed by atoms with Crippen molar-refractivity contribution in [1.29, 1.82) is 0 Å². The topological polar surface area (TPSA) is 40.6 Å². The third-order valence-electron chi connectivity index (χ3n) is 3.95. The Bertz CT molecular complexity index is 503. The molecule has 1 saturated heterocycles. The van der Waals surface area contributed by atoms with Crippen LogP contribution in [0.2, 0.25) is 0 Å². The first kappa shape index (κ1) is 14.6. The van der Waals surface area contributed by atoms with Crippen molar-refractivity contribution in [2.24, 2.45) is 5.92 Å². The van der Waals surface area contributed by atoms with Crippen LogP contribution in [0.3, 0.4) is 0 Å². The van der Waals surface area contributed by atoms with Crippen molar-refractivity contribution in [2.45, 2.75) is 19.8 Å². The highest BCUT2D eigenvalue weighted by Gasteiger charge is 2.28. The summed E-state index contributed by atoms with van der Waals surface area (Å²) in [7, 11) is 3.57. The summed E-state index contributed by atoms with van der Waals surface area (Å²) in [4.78, 5) is 27.9. The van der Waals surface area contributed by atoms with E-state index in [4.69, 9.17) is 0 Å².